The standard InChI is InChI=1S/C21H43N5O.HI/c1-4-22-20(24-18-21(11-16-27)9-7-6-8-10-21)23-17-19(3)26-14-12-25(5-2)13-15-26;/h19,27H,4-18H2,1-3H3,(H2,22,23,24);1H. The zero-order chi connectivity index (χ0) is 19.5. The Kier molecular flexibility index (Phi) is 12.9. The summed E-state index contributed by atoms with van der Waals surface area (Å²) in [7, 11) is 0. The number of nitrogens with zero attached hydrogens (tertiary/aromatic N) is 3. The second-order valence-electron chi connectivity index (χ2n) is 8.43. The molecule has 0 aromatic carbocycles. The second-order valence-corrected chi connectivity index (χ2v) is 8.43. The summed E-state index contributed by atoms with van der Waals surface area (Å²) in [6, 6.07) is 0.508. The molecule has 1 aliphatic carbocycles. The largest absolute Gasteiger partial charge is 0.396 e. The molecule has 3 N–H and O–H groups in total. The Balaban J connectivity index is 0.00000392. The monoisotopic (exact) mass is 509 g/mol. The van der Waals surface area contributed by atoms with Crippen molar-refractivity contribution in [2.75, 3.05) is 59.0 Å². The minimum atomic E-state index is 0. The van der Waals surface area contributed by atoms with Gasteiger partial charge < -0.3 is 20.6 Å². The van der Waals surface area contributed by atoms with E-state index in [1.807, 2.05) is 0 Å². The molecule has 0 radical (unpaired) electrons. The van der Waals surface area contributed by atoms with Crippen LogP contribution in [0.5, 0.6) is 0 Å². The van der Waals surface area contributed by atoms with Crippen molar-refractivity contribution < 1.29 is 5.11 Å². The molecule has 0 aromatic rings. The summed E-state index contributed by atoms with van der Waals surface area (Å²) in [5.41, 5.74) is 0.206. The molecule has 1 saturated carbocycles. The maximum absolute atomic E-state index is 9.52. The molecule has 7 heteroatoms. The van der Waals surface area contributed by atoms with Crippen LogP contribution in [0.25, 0.3) is 0 Å². The van der Waals surface area contributed by atoms with Gasteiger partial charge in [-0.05, 0) is 45.1 Å². The molecular weight excluding hydrogens is 465 g/mol. The van der Waals surface area contributed by atoms with Gasteiger partial charge in [0, 0.05) is 58.5 Å². The van der Waals surface area contributed by atoms with Gasteiger partial charge in [0.2, 0.25) is 0 Å². The van der Waals surface area contributed by atoms with Crippen LogP contribution in [0.15, 0.2) is 4.99 Å². The first-order valence-electron chi connectivity index (χ1n) is 11.2. The van der Waals surface area contributed by atoms with Crippen LogP contribution in [0.1, 0.15) is 59.3 Å². The number of aliphatic imine (C=N–C) groups is 1. The van der Waals surface area contributed by atoms with E-state index in [2.05, 4.69) is 41.2 Å². The summed E-state index contributed by atoms with van der Waals surface area (Å²) in [6.07, 6.45) is 7.18. The van der Waals surface area contributed by atoms with E-state index in [-0.39, 0.29) is 36.0 Å². The van der Waals surface area contributed by atoms with Crippen molar-refractivity contribution in [2.45, 2.75) is 65.3 Å². The maximum Gasteiger partial charge on any atom is 0.191 e. The van der Waals surface area contributed by atoms with Crippen molar-refractivity contribution in [2.24, 2.45) is 10.4 Å². The third kappa shape index (κ3) is 8.32. The Hall–Kier alpha value is -0.120. The molecule has 0 aromatic heterocycles. The van der Waals surface area contributed by atoms with E-state index in [1.54, 1.807) is 0 Å². The van der Waals surface area contributed by atoms with Crippen molar-refractivity contribution in [1.82, 2.24) is 20.4 Å². The van der Waals surface area contributed by atoms with Gasteiger partial charge in [-0.15, -0.1) is 24.0 Å². The number of hydrogen-bond acceptors (Lipinski definition) is 4. The summed E-state index contributed by atoms with van der Waals surface area (Å²) in [4.78, 5) is 10.0. The Morgan fingerprint density at radius 1 is 1.07 bits per heavy atom. The molecule has 2 aliphatic rings. The third-order valence-corrected chi connectivity index (χ3v) is 6.52. The zero-order valence-electron chi connectivity index (χ0n) is 18.4. The van der Waals surface area contributed by atoms with Crippen molar-refractivity contribution >= 4 is 29.9 Å². The van der Waals surface area contributed by atoms with Crippen molar-refractivity contribution in [3.63, 3.8) is 0 Å². The van der Waals surface area contributed by atoms with Gasteiger partial charge in [-0.1, -0.05) is 26.2 Å². The summed E-state index contributed by atoms with van der Waals surface area (Å²) in [5, 5.41) is 16.5. The number of aliphatic hydroxyl groups excluding tert-OH is 1. The molecule has 1 unspecified atom stereocenters. The molecular formula is C21H44IN5O. The van der Waals surface area contributed by atoms with Crippen molar-refractivity contribution in [1.29, 1.82) is 0 Å². The molecule has 166 valence electrons. The topological polar surface area (TPSA) is 63.1 Å². The fourth-order valence-corrected chi connectivity index (χ4v) is 4.51. The van der Waals surface area contributed by atoms with E-state index in [4.69, 9.17) is 4.99 Å². The molecule has 0 spiro atoms. The first-order chi connectivity index (χ1) is 13.1. The van der Waals surface area contributed by atoms with Crippen LogP contribution >= 0.6 is 24.0 Å². The Morgan fingerprint density at radius 2 is 1.75 bits per heavy atom. The Bertz CT molecular complexity index is 429. The van der Waals surface area contributed by atoms with Gasteiger partial charge in [-0.2, -0.15) is 0 Å². The number of likely N-dealkylation sites (N-methyl/N-ethyl adjacent to an activating group) is 1. The molecule has 1 saturated heterocycles. The number of nitrogens with one attached hydrogen (secondary N) is 2. The smallest absolute Gasteiger partial charge is 0.191 e. The summed E-state index contributed by atoms with van der Waals surface area (Å²) in [5.74, 6) is 0.930. The van der Waals surface area contributed by atoms with Gasteiger partial charge >= 0.3 is 0 Å². The lowest BCUT2D eigenvalue weighted by Crippen LogP contribution is -2.53. The predicted molar refractivity (Wildman–Crippen MR) is 130 cm³/mol. The van der Waals surface area contributed by atoms with Gasteiger partial charge in [0.25, 0.3) is 0 Å². The molecule has 2 fully saturated rings. The van der Waals surface area contributed by atoms with Crippen molar-refractivity contribution in [3.8, 4) is 0 Å². The van der Waals surface area contributed by atoms with Crippen molar-refractivity contribution in [3.05, 3.63) is 0 Å². The number of rotatable bonds is 9. The van der Waals surface area contributed by atoms with Crippen LogP contribution in [0.2, 0.25) is 0 Å². The highest BCUT2D eigenvalue weighted by atomic mass is 127. The molecule has 0 amide bonds. The number of piperazine rings is 1. The lowest BCUT2D eigenvalue weighted by atomic mass is 9.72. The van der Waals surface area contributed by atoms with Crippen LogP contribution in [0, 0.1) is 5.41 Å². The second kappa shape index (κ2) is 14.0. The fourth-order valence-electron chi connectivity index (χ4n) is 4.51. The number of guanidine groups is 1. The Morgan fingerprint density at radius 3 is 2.32 bits per heavy atom. The minimum absolute atomic E-state index is 0. The van der Waals surface area contributed by atoms with E-state index >= 15 is 0 Å². The van der Waals surface area contributed by atoms with E-state index in [0.717, 1.165) is 51.6 Å². The van der Waals surface area contributed by atoms with Gasteiger partial charge in [0.15, 0.2) is 5.96 Å². The molecule has 28 heavy (non-hydrogen) atoms. The van der Waals surface area contributed by atoms with Gasteiger partial charge in [-0.3, -0.25) is 9.89 Å². The molecule has 2 rings (SSSR count). The molecule has 1 atom stereocenters. The third-order valence-electron chi connectivity index (χ3n) is 6.52. The van der Waals surface area contributed by atoms with E-state index in [1.165, 1.54) is 45.2 Å². The van der Waals surface area contributed by atoms with Gasteiger partial charge in [0.05, 0.1) is 0 Å². The highest BCUT2D eigenvalue weighted by Crippen LogP contribution is 2.39. The number of halogens is 1. The molecule has 0 bridgehead atoms. The van der Waals surface area contributed by atoms with E-state index in [9.17, 15) is 5.11 Å². The summed E-state index contributed by atoms with van der Waals surface area (Å²) in [6.45, 7) is 15.4. The highest BCUT2D eigenvalue weighted by molar-refractivity contribution is 14.0. The van der Waals surface area contributed by atoms with Crippen LogP contribution < -0.4 is 10.6 Å². The average Bonchev–Trinajstić information content (AvgIpc) is 2.71. The summed E-state index contributed by atoms with van der Waals surface area (Å²) < 4.78 is 0. The average molecular weight is 510 g/mol. The fraction of sp³-hybridized carbons (Fsp3) is 0.952. The molecule has 1 heterocycles. The van der Waals surface area contributed by atoms with Crippen LogP contribution in [-0.4, -0.2) is 85.9 Å². The minimum Gasteiger partial charge on any atom is -0.396 e. The molecule has 1 aliphatic heterocycles. The lowest BCUT2D eigenvalue weighted by Gasteiger charge is -2.38. The number of aliphatic hydroxyl groups is 1. The SMILES string of the molecule is CCNC(=NCC1(CCO)CCCCC1)NCC(C)N1CCN(CC)CC1.I. The quantitative estimate of drug-likeness (QED) is 0.253. The lowest BCUT2D eigenvalue weighted by molar-refractivity contribution is 0.107. The zero-order valence-corrected chi connectivity index (χ0v) is 20.7. The van der Waals surface area contributed by atoms with Gasteiger partial charge in [-0.25, -0.2) is 0 Å². The van der Waals surface area contributed by atoms with Crippen LogP contribution in [0.3, 0.4) is 0 Å². The molecule has 6 nitrogen and oxygen atoms in total. The van der Waals surface area contributed by atoms with Gasteiger partial charge in [0.1, 0.15) is 0 Å². The normalized spacial score (nSPS) is 22.4. The predicted octanol–water partition coefficient (Wildman–Crippen LogP) is 2.52. The van der Waals surface area contributed by atoms with E-state index in [0.29, 0.717) is 6.04 Å². The Labute approximate surface area is 189 Å². The van der Waals surface area contributed by atoms with Crippen LogP contribution in [0.4, 0.5) is 0 Å². The van der Waals surface area contributed by atoms with Crippen LogP contribution in [-0.2, 0) is 0 Å². The first-order valence-corrected chi connectivity index (χ1v) is 11.2. The van der Waals surface area contributed by atoms with E-state index < -0.39 is 0 Å². The summed E-state index contributed by atoms with van der Waals surface area (Å²) >= 11 is 0. The maximum atomic E-state index is 9.52. The first kappa shape index (κ1) is 25.9. The highest BCUT2D eigenvalue weighted by Gasteiger charge is 2.31. The number of hydrogen-bond donors (Lipinski definition) is 3.